The summed E-state index contributed by atoms with van der Waals surface area (Å²) in [6, 6.07) is 5.39. The van der Waals surface area contributed by atoms with Crippen LogP contribution in [0.2, 0.25) is 0 Å². The van der Waals surface area contributed by atoms with E-state index in [1.54, 1.807) is 11.8 Å². The van der Waals surface area contributed by atoms with Crippen LogP contribution < -0.4 is 4.74 Å². The van der Waals surface area contributed by atoms with Crippen LogP contribution in [-0.2, 0) is 4.79 Å². The zero-order valence-corrected chi connectivity index (χ0v) is 12.9. The van der Waals surface area contributed by atoms with Gasteiger partial charge < -0.3 is 14.2 Å². The Morgan fingerprint density at radius 3 is 2.87 bits per heavy atom. The highest BCUT2D eigenvalue weighted by Gasteiger charge is 2.32. The minimum atomic E-state index is -0.341. The topological polar surface area (TPSA) is 68.5 Å². The van der Waals surface area contributed by atoms with E-state index < -0.39 is 0 Å². The van der Waals surface area contributed by atoms with Crippen molar-refractivity contribution in [3.05, 3.63) is 41.8 Å². The lowest BCUT2D eigenvalue weighted by molar-refractivity contribution is -0.138. The molecule has 1 aromatic heterocycles. The summed E-state index contributed by atoms with van der Waals surface area (Å²) in [5.41, 5.74) is 0. The predicted molar refractivity (Wildman–Crippen MR) is 79.2 cm³/mol. The number of benzene rings is 1. The highest BCUT2D eigenvalue weighted by molar-refractivity contribution is 5.78. The van der Waals surface area contributed by atoms with Crippen LogP contribution in [0.15, 0.2) is 28.8 Å². The monoisotopic (exact) mass is 319 g/mol. The number of likely N-dealkylation sites (tertiary alicyclic amines) is 1. The largest absolute Gasteiger partial charge is 0.484 e. The molecule has 2 aromatic rings. The molecule has 0 N–H and O–H groups in total. The van der Waals surface area contributed by atoms with Crippen molar-refractivity contribution in [3.63, 3.8) is 0 Å². The number of piperidine rings is 1. The lowest BCUT2D eigenvalue weighted by Crippen LogP contribution is -2.41. The molecule has 1 aliphatic rings. The number of aryl methyl sites for hydroxylation is 1. The molecular weight excluding hydrogens is 301 g/mol. The molecule has 1 fully saturated rings. The lowest BCUT2D eigenvalue weighted by Gasteiger charge is -2.33. The third kappa shape index (κ3) is 3.67. The van der Waals surface area contributed by atoms with Gasteiger partial charge in [0.1, 0.15) is 17.6 Å². The van der Waals surface area contributed by atoms with Gasteiger partial charge in [0, 0.05) is 6.54 Å². The van der Waals surface area contributed by atoms with E-state index in [4.69, 9.17) is 9.26 Å². The van der Waals surface area contributed by atoms with Gasteiger partial charge in [-0.1, -0.05) is 5.16 Å². The normalized spacial score (nSPS) is 18.0. The van der Waals surface area contributed by atoms with Gasteiger partial charge in [0.2, 0.25) is 5.89 Å². The molecule has 23 heavy (non-hydrogen) atoms. The Kier molecular flexibility index (Phi) is 4.55. The Balaban J connectivity index is 1.65. The minimum Gasteiger partial charge on any atom is -0.484 e. The highest BCUT2D eigenvalue weighted by Crippen LogP contribution is 2.30. The van der Waals surface area contributed by atoms with Crippen molar-refractivity contribution in [1.29, 1.82) is 0 Å². The van der Waals surface area contributed by atoms with Gasteiger partial charge in [0.15, 0.2) is 12.4 Å². The van der Waals surface area contributed by atoms with Gasteiger partial charge in [-0.25, -0.2) is 4.39 Å². The van der Waals surface area contributed by atoms with Crippen LogP contribution in [0.4, 0.5) is 4.39 Å². The van der Waals surface area contributed by atoms with Gasteiger partial charge in [-0.15, -0.1) is 0 Å². The Labute approximate surface area is 133 Å². The van der Waals surface area contributed by atoms with E-state index in [1.807, 2.05) is 0 Å². The average Bonchev–Trinajstić information content (AvgIpc) is 3.00. The Bertz CT molecular complexity index is 671. The van der Waals surface area contributed by atoms with Crippen LogP contribution in [0.25, 0.3) is 0 Å². The Morgan fingerprint density at radius 2 is 2.17 bits per heavy atom. The summed E-state index contributed by atoms with van der Waals surface area (Å²) in [6.45, 7) is 2.28. The molecule has 0 spiro atoms. The zero-order chi connectivity index (χ0) is 16.2. The summed E-state index contributed by atoms with van der Waals surface area (Å²) in [5, 5.41) is 3.80. The second-order valence-corrected chi connectivity index (χ2v) is 5.52. The van der Waals surface area contributed by atoms with Gasteiger partial charge >= 0.3 is 0 Å². The molecule has 1 aliphatic heterocycles. The van der Waals surface area contributed by atoms with Crippen LogP contribution in [0.1, 0.15) is 37.0 Å². The third-order valence-electron chi connectivity index (χ3n) is 3.83. The highest BCUT2D eigenvalue weighted by atomic mass is 19.1. The van der Waals surface area contributed by atoms with Gasteiger partial charge in [-0.2, -0.15) is 4.98 Å². The summed E-state index contributed by atoms with van der Waals surface area (Å²) in [6.07, 6.45) is 2.74. The number of carbonyl (C=O) groups excluding carboxylic acids is 1. The van der Waals surface area contributed by atoms with E-state index >= 15 is 0 Å². The van der Waals surface area contributed by atoms with Crippen molar-refractivity contribution in [2.75, 3.05) is 13.2 Å². The van der Waals surface area contributed by atoms with Crippen molar-refractivity contribution < 1.29 is 18.4 Å². The maximum Gasteiger partial charge on any atom is 0.261 e. The smallest absolute Gasteiger partial charge is 0.261 e. The van der Waals surface area contributed by atoms with E-state index in [0.717, 1.165) is 19.3 Å². The van der Waals surface area contributed by atoms with Crippen LogP contribution in [0.3, 0.4) is 0 Å². The molecular formula is C16H18FN3O3. The quantitative estimate of drug-likeness (QED) is 0.866. The fraction of sp³-hybridized carbons (Fsp3) is 0.438. The molecule has 3 rings (SSSR count). The van der Waals surface area contributed by atoms with Gasteiger partial charge in [-0.3, -0.25) is 4.79 Å². The van der Waals surface area contributed by atoms with E-state index in [0.29, 0.717) is 24.0 Å². The minimum absolute atomic E-state index is 0.102. The molecule has 122 valence electrons. The summed E-state index contributed by atoms with van der Waals surface area (Å²) < 4.78 is 23.5. The van der Waals surface area contributed by atoms with Gasteiger partial charge in [-0.05, 0) is 50.5 Å². The molecule has 1 amide bonds. The van der Waals surface area contributed by atoms with Crippen molar-refractivity contribution >= 4 is 5.91 Å². The number of ether oxygens (including phenoxy) is 1. The first-order valence-electron chi connectivity index (χ1n) is 7.61. The predicted octanol–water partition coefficient (Wildman–Crippen LogP) is 2.65. The SMILES string of the molecule is Cc1noc(C2CCCCN2C(=O)COc2ccc(F)cc2)n1. The van der Waals surface area contributed by atoms with E-state index in [1.165, 1.54) is 24.3 Å². The molecule has 1 unspecified atom stereocenters. The Hall–Kier alpha value is -2.44. The molecule has 0 bridgehead atoms. The number of halogens is 1. The molecule has 7 heteroatoms. The first-order valence-corrected chi connectivity index (χ1v) is 7.61. The fourth-order valence-corrected chi connectivity index (χ4v) is 2.69. The molecule has 6 nitrogen and oxygen atoms in total. The van der Waals surface area contributed by atoms with Gasteiger partial charge in [0.25, 0.3) is 5.91 Å². The maximum absolute atomic E-state index is 12.9. The second kappa shape index (κ2) is 6.76. The lowest BCUT2D eigenvalue weighted by atomic mass is 10.0. The van der Waals surface area contributed by atoms with Crippen LogP contribution in [0, 0.1) is 12.7 Å². The molecule has 2 heterocycles. The van der Waals surface area contributed by atoms with E-state index in [2.05, 4.69) is 10.1 Å². The molecule has 1 saturated heterocycles. The number of nitrogens with zero attached hydrogens (tertiary/aromatic N) is 3. The second-order valence-electron chi connectivity index (χ2n) is 5.52. The summed E-state index contributed by atoms with van der Waals surface area (Å²) in [7, 11) is 0. The number of amides is 1. The molecule has 0 saturated carbocycles. The van der Waals surface area contributed by atoms with Crippen molar-refractivity contribution in [3.8, 4) is 5.75 Å². The first kappa shape index (κ1) is 15.5. The van der Waals surface area contributed by atoms with Crippen LogP contribution in [-0.4, -0.2) is 34.1 Å². The van der Waals surface area contributed by atoms with E-state index in [9.17, 15) is 9.18 Å². The van der Waals surface area contributed by atoms with Gasteiger partial charge in [0.05, 0.1) is 0 Å². The molecule has 0 radical (unpaired) electrons. The summed E-state index contributed by atoms with van der Waals surface area (Å²) in [5.74, 6) is 1.00. The molecule has 1 atom stereocenters. The summed E-state index contributed by atoms with van der Waals surface area (Å²) >= 11 is 0. The Morgan fingerprint density at radius 1 is 1.39 bits per heavy atom. The van der Waals surface area contributed by atoms with Crippen LogP contribution in [0.5, 0.6) is 5.75 Å². The molecule has 0 aliphatic carbocycles. The van der Waals surface area contributed by atoms with Crippen molar-refractivity contribution in [2.24, 2.45) is 0 Å². The zero-order valence-electron chi connectivity index (χ0n) is 12.9. The average molecular weight is 319 g/mol. The third-order valence-corrected chi connectivity index (χ3v) is 3.83. The standard InChI is InChI=1S/C16H18FN3O3/c1-11-18-16(23-19-11)14-4-2-3-9-20(14)15(21)10-22-13-7-5-12(17)6-8-13/h5-8,14H,2-4,9-10H2,1H3. The van der Waals surface area contributed by atoms with Crippen molar-refractivity contribution in [1.82, 2.24) is 15.0 Å². The van der Waals surface area contributed by atoms with E-state index in [-0.39, 0.29) is 24.4 Å². The summed E-state index contributed by atoms with van der Waals surface area (Å²) in [4.78, 5) is 18.4. The fourth-order valence-electron chi connectivity index (χ4n) is 2.69. The van der Waals surface area contributed by atoms with Crippen molar-refractivity contribution in [2.45, 2.75) is 32.2 Å². The number of rotatable bonds is 4. The first-order chi connectivity index (χ1) is 11.1. The number of hydrogen-bond acceptors (Lipinski definition) is 5. The maximum atomic E-state index is 12.9. The van der Waals surface area contributed by atoms with Crippen LogP contribution >= 0.6 is 0 Å². The number of aromatic nitrogens is 2. The number of hydrogen-bond donors (Lipinski definition) is 0. The molecule has 1 aromatic carbocycles. The number of carbonyl (C=O) groups is 1.